The second-order valence-corrected chi connectivity index (χ2v) is 16.7. The van der Waals surface area contributed by atoms with Crippen LogP contribution in [-0.2, 0) is 16.8 Å². The number of fused-ring (bicyclic) bond motifs is 1. The van der Waals surface area contributed by atoms with Gasteiger partial charge in [0.1, 0.15) is 0 Å². The van der Waals surface area contributed by atoms with Gasteiger partial charge in [0.05, 0.1) is 35.0 Å². The van der Waals surface area contributed by atoms with Gasteiger partial charge in [0.2, 0.25) is 0 Å². The van der Waals surface area contributed by atoms with Crippen LogP contribution in [0.15, 0.2) is 42.5 Å². The first-order valence-corrected chi connectivity index (χ1v) is 14.3. The third kappa shape index (κ3) is 9.98. The molecule has 0 N–H and O–H groups in total. The smallest absolute Gasteiger partial charge is 0.0621 e. The van der Waals surface area contributed by atoms with Crippen molar-refractivity contribution in [1.29, 1.82) is 0 Å². The zero-order valence-electron chi connectivity index (χ0n) is 18.8. The van der Waals surface area contributed by atoms with E-state index in [1.807, 2.05) is 0 Å². The summed E-state index contributed by atoms with van der Waals surface area (Å²) in [6.45, 7) is 19.5. The minimum atomic E-state index is -0.109. The topological polar surface area (TPSA) is 0 Å². The SMILES string of the molecule is CC(C)[PH+](CCC[PH+](C(C)C)C(C)C)C(C)C.[Co].c1cc[c-]2cccc2c1. The van der Waals surface area contributed by atoms with E-state index >= 15 is 0 Å². The van der Waals surface area contributed by atoms with Crippen molar-refractivity contribution in [3.8, 4) is 0 Å². The summed E-state index contributed by atoms with van der Waals surface area (Å²) < 4.78 is 0. The standard InChI is InChI=1S/C15H34P2.C9H7.Co/c1-12(2)16(13(3)4)10-9-11-17(14(5)6)15(7)8;1-2-5-9-7-3-6-8(9)4-1;/h12-15H,9-11H2,1-8H3;1-7H;/q;-1;/p+2. The van der Waals surface area contributed by atoms with Crippen molar-refractivity contribution in [3.05, 3.63) is 42.5 Å². The van der Waals surface area contributed by atoms with Crippen LogP contribution in [0.5, 0.6) is 0 Å². The normalized spacial score (nSPS) is 11.6. The van der Waals surface area contributed by atoms with Crippen LogP contribution >= 0.6 is 15.8 Å². The van der Waals surface area contributed by atoms with Gasteiger partial charge >= 0.3 is 0 Å². The van der Waals surface area contributed by atoms with Crippen LogP contribution in [0.2, 0.25) is 0 Å². The molecule has 0 heterocycles. The van der Waals surface area contributed by atoms with Crippen molar-refractivity contribution >= 4 is 26.6 Å². The van der Waals surface area contributed by atoms with Gasteiger partial charge in [-0.2, -0.15) is 12.1 Å². The summed E-state index contributed by atoms with van der Waals surface area (Å²) in [6.07, 6.45) is 4.61. The molecule has 0 bridgehead atoms. The Balaban J connectivity index is 0.000000560. The predicted octanol–water partition coefficient (Wildman–Crippen LogP) is 7.99. The fraction of sp³-hybridized carbons (Fsp3) is 0.625. The Morgan fingerprint density at radius 2 is 1.07 bits per heavy atom. The van der Waals surface area contributed by atoms with Gasteiger partial charge < -0.3 is 0 Å². The van der Waals surface area contributed by atoms with Crippen molar-refractivity contribution < 1.29 is 16.8 Å². The fourth-order valence-electron chi connectivity index (χ4n) is 4.05. The Morgan fingerprint density at radius 1 is 0.667 bits per heavy atom. The molecule has 2 aromatic carbocycles. The average Bonchev–Trinajstić information content (AvgIpc) is 3.02. The third-order valence-corrected chi connectivity index (χ3v) is 13.2. The molecular formula is C24H43CoP2+. The summed E-state index contributed by atoms with van der Waals surface area (Å²) in [5.41, 5.74) is 3.81. The molecule has 0 aliphatic carbocycles. The number of rotatable bonds is 8. The van der Waals surface area contributed by atoms with Crippen molar-refractivity contribution in [2.75, 3.05) is 12.3 Å². The average molecular weight is 452 g/mol. The molecule has 0 amide bonds. The van der Waals surface area contributed by atoms with E-state index in [-0.39, 0.29) is 32.6 Å². The summed E-state index contributed by atoms with van der Waals surface area (Å²) in [4.78, 5) is 0. The molecule has 0 unspecified atom stereocenters. The van der Waals surface area contributed by atoms with Crippen LogP contribution in [0.4, 0.5) is 0 Å². The molecule has 0 aromatic heterocycles. The first-order chi connectivity index (χ1) is 12.2. The van der Waals surface area contributed by atoms with Gasteiger partial charge in [0, 0.05) is 39.0 Å². The predicted molar refractivity (Wildman–Crippen MR) is 131 cm³/mol. The van der Waals surface area contributed by atoms with Crippen molar-refractivity contribution in [3.63, 3.8) is 0 Å². The van der Waals surface area contributed by atoms with E-state index in [1.165, 1.54) is 17.2 Å². The van der Waals surface area contributed by atoms with Gasteiger partial charge in [-0.25, -0.2) is 0 Å². The molecule has 157 valence electrons. The molecule has 0 saturated heterocycles. The van der Waals surface area contributed by atoms with Crippen LogP contribution in [-0.4, -0.2) is 35.0 Å². The summed E-state index contributed by atoms with van der Waals surface area (Å²) in [5.74, 6) is 0. The summed E-state index contributed by atoms with van der Waals surface area (Å²) in [6, 6.07) is 14.7. The monoisotopic (exact) mass is 452 g/mol. The van der Waals surface area contributed by atoms with Crippen molar-refractivity contribution in [2.24, 2.45) is 0 Å². The summed E-state index contributed by atoms with van der Waals surface area (Å²) in [5, 5.41) is 2.66. The van der Waals surface area contributed by atoms with E-state index in [1.54, 1.807) is 12.3 Å². The first kappa shape index (κ1) is 27.2. The third-order valence-electron chi connectivity index (χ3n) is 5.44. The maximum absolute atomic E-state index is 2.44. The number of benzene rings is 1. The van der Waals surface area contributed by atoms with Crippen LogP contribution < -0.4 is 0 Å². The quantitative estimate of drug-likeness (QED) is 0.281. The molecule has 0 atom stereocenters. The fourth-order valence-corrected chi connectivity index (χ4v) is 10.6. The summed E-state index contributed by atoms with van der Waals surface area (Å²) >= 11 is 0. The van der Waals surface area contributed by atoms with Crippen LogP contribution in [0.25, 0.3) is 10.8 Å². The van der Waals surface area contributed by atoms with Gasteiger partial charge in [-0.05, 0) is 55.4 Å². The zero-order valence-corrected chi connectivity index (χ0v) is 21.8. The Bertz CT molecular complexity index is 535. The van der Waals surface area contributed by atoms with Crippen LogP contribution in [0, 0.1) is 0 Å². The Hall–Kier alpha value is 0.196. The molecule has 0 saturated carbocycles. The van der Waals surface area contributed by atoms with Gasteiger partial charge in [-0.15, -0.1) is 35.7 Å². The van der Waals surface area contributed by atoms with Gasteiger partial charge in [-0.3, -0.25) is 0 Å². The van der Waals surface area contributed by atoms with E-state index in [0.717, 1.165) is 22.6 Å². The minimum absolute atomic E-state index is 0. The molecule has 0 spiro atoms. The van der Waals surface area contributed by atoms with E-state index in [0.29, 0.717) is 0 Å². The molecule has 2 aromatic rings. The van der Waals surface area contributed by atoms with Gasteiger partial charge in [0.25, 0.3) is 0 Å². The molecule has 0 aliphatic rings. The summed E-state index contributed by atoms with van der Waals surface area (Å²) in [7, 11) is -0.217. The molecule has 2 rings (SSSR count). The largest absolute Gasteiger partial charge is 0.152 e. The molecular weight excluding hydrogens is 409 g/mol. The van der Waals surface area contributed by atoms with E-state index in [9.17, 15) is 0 Å². The molecule has 27 heavy (non-hydrogen) atoms. The minimum Gasteiger partial charge on any atom is -0.152 e. The van der Waals surface area contributed by atoms with Crippen LogP contribution in [0.1, 0.15) is 61.8 Å². The van der Waals surface area contributed by atoms with E-state index in [2.05, 4.69) is 97.9 Å². The van der Waals surface area contributed by atoms with Crippen molar-refractivity contribution in [2.45, 2.75) is 84.4 Å². The molecule has 3 heteroatoms. The van der Waals surface area contributed by atoms with Gasteiger partial charge in [-0.1, -0.05) is 5.39 Å². The molecule has 1 radical (unpaired) electrons. The molecule has 0 nitrogen and oxygen atoms in total. The second kappa shape index (κ2) is 14.2. The zero-order chi connectivity index (χ0) is 19.7. The Morgan fingerprint density at radius 3 is 1.48 bits per heavy atom. The van der Waals surface area contributed by atoms with Crippen molar-refractivity contribution in [1.82, 2.24) is 0 Å². The van der Waals surface area contributed by atoms with E-state index < -0.39 is 0 Å². The maximum atomic E-state index is 2.44. The maximum Gasteiger partial charge on any atom is 0.0621 e. The number of hydrogen-bond acceptors (Lipinski definition) is 0. The molecule has 0 fully saturated rings. The van der Waals surface area contributed by atoms with Crippen LogP contribution in [0.3, 0.4) is 0 Å². The first-order valence-electron chi connectivity index (χ1n) is 10.6. The van der Waals surface area contributed by atoms with E-state index in [4.69, 9.17) is 0 Å². The Labute approximate surface area is 182 Å². The molecule has 0 aliphatic heterocycles. The number of hydrogen-bond donors (Lipinski definition) is 0. The second-order valence-electron chi connectivity index (χ2n) is 8.78. The Kier molecular flexibility index (Phi) is 14.3. The van der Waals surface area contributed by atoms with Gasteiger partial charge in [0.15, 0.2) is 0 Å².